The molecule has 4 aliphatic rings. The lowest BCUT2D eigenvalue weighted by Gasteiger charge is -2.45. The minimum atomic E-state index is -0.217. The normalized spacial score (nSPS) is 14.5. The van der Waals surface area contributed by atoms with Crippen molar-refractivity contribution in [2.45, 2.75) is 78.6 Å². The number of nitrogens with zero attached hydrogens (tertiary/aromatic N) is 2. The van der Waals surface area contributed by atoms with Crippen molar-refractivity contribution in [1.29, 1.82) is 0 Å². The second-order valence-corrected chi connectivity index (χ2v) is 20.2. The maximum Gasteiger partial charge on any atom is 0.248 e. The quantitative estimate of drug-likeness (QED) is 0.163. The highest BCUT2D eigenvalue weighted by Crippen LogP contribution is 2.50. The van der Waals surface area contributed by atoms with E-state index in [1.54, 1.807) is 0 Å². The van der Waals surface area contributed by atoms with Gasteiger partial charge in [0.1, 0.15) is 0 Å². The third-order valence-electron chi connectivity index (χ3n) is 13.4. The van der Waals surface area contributed by atoms with Crippen LogP contribution < -0.4 is 42.6 Å². The summed E-state index contributed by atoms with van der Waals surface area (Å²) in [5.41, 5.74) is 25.6. The van der Waals surface area contributed by atoms with E-state index in [0.717, 1.165) is 0 Å². The third kappa shape index (κ3) is 4.87. The van der Waals surface area contributed by atoms with Crippen molar-refractivity contribution in [2.75, 3.05) is 9.80 Å². The predicted molar refractivity (Wildman–Crippen MR) is 252 cm³/mol. The van der Waals surface area contributed by atoms with Crippen LogP contribution in [0.1, 0.15) is 79.0 Å². The second kappa shape index (κ2) is 11.9. The van der Waals surface area contributed by atoms with Gasteiger partial charge in [0.2, 0.25) is 13.4 Å². The van der Waals surface area contributed by atoms with Gasteiger partial charge >= 0.3 is 0 Å². The molecule has 0 unspecified atom stereocenters. The molecule has 0 spiro atoms. The van der Waals surface area contributed by atoms with Crippen LogP contribution in [-0.2, 0) is 16.2 Å². The number of hydrogen-bond donors (Lipinski definition) is 0. The van der Waals surface area contributed by atoms with Crippen molar-refractivity contribution < 1.29 is 0 Å². The highest BCUT2D eigenvalue weighted by Gasteiger charge is 2.51. The van der Waals surface area contributed by atoms with Crippen LogP contribution in [0.4, 0.5) is 34.1 Å². The molecule has 4 heterocycles. The molecule has 0 aromatic heterocycles. The summed E-state index contributed by atoms with van der Waals surface area (Å²) in [5, 5.41) is 0. The standard InChI is InChI=1S/C54H50B2N2/c1-52(2,3)33-27-28-42-39(29-33)38-24-18-26-44-48(38)56(42)50-46(57(44)35-19-12-10-13-20-35)32-43-51(47(50)54(7,8)9)58(36-21-14-11-15-22-36)45-31-34(53(4,5)6)30-40-37-23-16-17-25-41(37)55(43)49(40)45/h10-32H,1-9H3. The molecule has 7 aromatic rings. The van der Waals surface area contributed by atoms with Crippen LogP contribution >= 0.6 is 0 Å². The van der Waals surface area contributed by atoms with Gasteiger partial charge in [-0.3, -0.25) is 0 Å². The fraction of sp³-hybridized carbons (Fsp3) is 0.222. The molecule has 0 saturated heterocycles. The summed E-state index contributed by atoms with van der Waals surface area (Å²) in [6, 6.07) is 53.6. The molecule has 0 N–H and O–H groups in total. The molecule has 0 aliphatic carbocycles. The Morgan fingerprint density at radius 3 is 1.60 bits per heavy atom. The van der Waals surface area contributed by atoms with Crippen molar-refractivity contribution in [2.24, 2.45) is 0 Å². The van der Waals surface area contributed by atoms with E-state index in [0.29, 0.717) is 0 Å². The molecular weight excluding hydrogens is 698 g/mol. The zero-order valence-corrected chi connectivity index (χ0v) is 35.3. The van der Waals surface area contributed by atoms with Crippen LogP contribution in [0.25, 0.3) is 22.3 Å². The molecule has 0 bridgehead atoms. The summed E-state index contributed by atoms with van der Waals surface area (Å²) in [5.74, 6) is 0. The van der Waals surface area contributed by atoms with Gasteiger partial charge in [0.15, 0.2) is 0 Å². The van der Waals surface area contributed by atoms with Gasteiger partial charge in [-0.1, -0.05) is 170 Å². The first-order valence-electron chi connectivity index (χ1n) is 21.2. The fourth-order valence-electron chi connectivity index (χ4n) is 10.8. The van der Waals surface area contributed by atoms with Crippen molar-refractivity contribution in [3.8, 4) is 22.3 Å². The van der Waals surface area contributed by atoms with E-state index < -0.39 is 0 Å². The van der Waals surface area contributed by atoms with Gasteiger partial charge in [0.25, 0.3) is 0 Å². The first-order chi connectivity index (χ1) is 27.7. The Morgan fingerprint density at radius 2 is 0.931 bits per heavy atom. The molecule has 2 nitrogen and oxygen atoms in total. The Labute approximate surface area is 345 Å². The molecule has 282 valence electrons. The number of anilines is 6. The summed E-state index contributed by atoms with van der Waals surface area (Å²) in [4.78, 5) is 5.27. The van der Waals surface area contributed by atoms with Gasteiger partial charge < -0.3 is 9.80 Å². The highest BCUT2D eigenvalue weighted by molar-refractivity contribution is 7.03. The largest absolute Gasteiger partial charge is 0.312 e. The van der Waals surface area contributed by atoms with Crippen molar-refractivity contribution >= 4 is 80.3 Å². The molecular formula is C54H50B2N2. The second-order valence-electron chi connectivity index (χ2n) is 20.2. The molecule has 0 amide bonds. The predicted octanol–water partition coefficient (Wildman–Crippen LogP) is 10.1. The van der Waals surface area contributed by atoms with E-state index in [1.807, 2.05) is 0 Å². The summed E-state index contributed by atoms with van der Waals surface area (Å²) in [6.07, 6.45) is 0. The summed E-state index contributed by atoms with van der Waals surface area (Å²) < 4.78 is 0. The Morgan fingerprint density at radius 1 is 0.362 bits per heavy atom. The minimum absolute atomic E-state index is 0.0281. The van der Waals surface area contributed by atoms with Crippen LogP contribution in [0, 0.1) is 0 Å². The average Bonchev–Trinajstić information content (AvgIpc) is 3.71. The average molecular weight is 749 g/mol. The maximum absolute atomic E-state index is 2.67. The molecule has 58 heavy (non-hydrogen) atoms. The van der Waals surface area contributed by atoms with E-state index in [1.165, 1.54) is 106 Å². The first-order valence-corrected chi connectivity index (χ1v) is 21.2. The van der Waals surface area contributed by atoms with Gasteiger partial charge in [0.05, 0.1) is 0 Å². The van der Waals surface area contributed by atoms with Crippen LogP contribution in [0.15, 0.2) is 140 Å². The van der Waals surface area contributed by atoms with Crippen LogP contribution in [0.3, 0.4) is 0 Å². The van der Waals surface area contributed by atoms with Crippen LogP contribution in [0.5, 0.6) is 0 Å². The Balaban J connectivity index is 1.33. The van der Waals surface area contributed by atoms with Crippen molar-refractivity contribution in [3.05, 3.63) is 156 Å². The SMILES string of the molecule is CC(C)(C)c1ccc2c(c1)-c1cccc3c1B2c1c(cc2c(c1C(C)(C)C)N(c1ccccc1)c1cc(C(C)(C)C)cc4c1B2c1ccccc1-4)N3c1ccccc1. The number of benzene rings is 7. The van der Waals surface area contributed by atoms with E-state index in [2.05, 4.69) is 212 Å². The third-order valence-corrected chi connectivity index (χ3v) is 13.4. The smallest absolute Gasteiger partial charge is 0.248 e. The van der Waals surface area contributed by atoms with Gasteiger partial charge in [-0.05, 0) is 120 Å². The monoisotopic (exact) mass is 748 g/mol. The number of hydrogen-bond acceptors (Lipinski definition) is 2. The lowest BCUT2D eigenvalue weighted by Crippen LogP contribution is -2.61. The lowest BCUT2D eigenvalue weighted by atomic mass is 9.33. The van der Waals surface area contributed by atoms with Crippen molar-refractivity contribution in [3.63, 3.8) is 0 Å². The van der Waals surface area contributed by atoms with E-state index in [4.69, 9.17) is 0 Å². The Hall–Kier alpha value is -5.73. The topological polar surface area (TPSA) is 6.48 Å². The molecule has 0 fully saturated rings. The van der Waals surface area contributed by atoms with Crippen molar-refractivity contribution in [1.82, 2.24) is 0 Å². The molecule has 0 atom stereocenters. The Bertz CT molecular complexity index is 2850. The number of para-hydroxylation sites is 2. The van der Waals surface area contributed by atoms with Gasteiger partial charge in [-0.15, -0.1) is 0 Å². The zero-order valence-electron chi connectivity index (χ0n) is 35.3. The molecule has 7 aromatic carbocycles. The number of fused-ring (bicyclic) bond motifs is 10. The molecule has 4 heteroatoms. The summed E-state index contributed by atoms with van der Waals surface area (Å²) in [7, 11) is 0. The van der Waals surface area contributed by atoms with E-state index >= 15 is 0 Å². The first kappa shape index (κ1) is 35.4. The summed E-state index contributed by atoms with van der Waals surface area (Å²) >= 11 is 0. The van der Waals surface area contributed by atoms with Crippen LogP contribution in [-0.4, -0.2) is 13.4 Å². The van der Waals surface area contributed by atoms with Crippen LogP contribution in [0.2, 0.25) is 0 Å². The maximum atomic E-state index is 2.67. The van der Waals surface area contributed by atoms with E-state index in [-0.39, 0.29) is 29.7 Å². The molecule has 4 aliphatic heterocycles. The highest BCUT2D eigenvalue weighted by atomic mass is 15.2. The molecule has 0 saturated carbocycles. The lowest BCUT2D eigenvalue weighted by molar-refractivity contribution is 0.590. The van der Waals surface area contributed by atoms with Gasteiger partial charge in [0, 0.05) is 34.1 Å². The Kier molecular flexibility index (Phi) is 7.28. The zero-order chi connectivity index (χ0) is 40.0. The minimum Gasteiger partial charge on any atom is -0.312 e. The summed E-state index contributed by atoms with van der Waals surface area (Å²) in [6.45, 7) is 21.6. The molecule has 0 radical (unpaired) electrons. The van der Waals surface area contributed by atoms with E-state index in [9.17, 15) is 0 Å². The molecule has 11 rings (SSSR count). The van der Waals surface area contributed by atoms with Gasteiger partial charge in [-0.2, -0.15) is 0 Å². The van der Waals surface area contributed by atoms with Gasteiger partial charge in [-0.25, -0.2) is 0 Å². The number of rotatable bonds is 2. The fourth-order valence-corrected chi connectivity index (χ4v) is 10.8.